The number of nitrogens with zero attached hydrogens (tertiary/aromatic N) is 2. The number of benzene rings is 1. The quantitative estimate of drug-likeness (QED) is 0.686. The number of carbonyl (C=O) groups is 1. The summed E-state index contributed by atoms with van der Waals surface area (Å²) in [6.07, 6.45) is 1.88. The Morgan fingerprint density at radius 2 is 2.00 bits per heavy atom. The molecule has 1 amide bonds. The number of hydrogen-bond donors (Lipinski definition) is 2. The minimum absolute atomic E-state index is 0.00289. The highest BCUT2D eigenvalue weighted by molar-refractivity contribution is 8.00. The molecule has 2 N–H and O–H groups in total. The van der Waals surface area contributed by atoms with Crippen molar-refractivity contribution in [3.8, 4) is 0 Å². The topological polar surface area (TPSA) is 56.7 Å². The lowest BCUT2D eigenvalue weighted by Gasteiger charge is -2.21. The Labute approximate surface area is 169 Å². The zero-order valence-electron chi connectivity index (χ0n) is 16.2. The largest absolute Gasteiger partial charge is 0.378 e. The number of carbonyl (C=O) groups excluding carboxylic acids is 1. The van der Waals surface area contributed by atoms with Gasteiger partial charge in [0.05, 0.1) is 5.75 Å². The van der Waals surface area contributed by atoms with Crippen molar-refractivity contribution in [3.63, 3.8) is 0 Å². The van der Waals surface area contributed by atoms with Crippen LogP contribution in [0.4, 0.5) is 16.4 Å². The van der Waals surface area contributed by atoms with E-state index in [4.69, 9.17) is 4.99 Å². The van der Waals surface area contributed by atoms with Crippen LogP contribution in [-0.2, 0) is 11.2 Å². The summed E-state index contributed by atoms with van der Waals surface area (Å²) in [6.45, 7) is 4.26. The molecule has 144 valence electrons. The summed E-state index contributed by atoms with van der Waals surface area (Å²) in [5.74, 6) is 1.36. The van der Waals surface area contributed by atoms with Gasteiger partial charge in [-0.1, -0.05) is 13.8 Å². The number of anilines is 3. The number of fused-ring (bicyclic) bond motifs is 1. The molecule has 0 spiro atoms. The van der Waals surface area contributed by atoms with E-state index in [1.165, 1.54) is 15.4 Å². The summed E-state index contributed by atoms with van der Waals surface area (Å²) < 4.78 is 0. The number of hydrogen-bond acceptors (Lipinski definition) is 6. The Balaban J connectivity index is 1.62. The minimum Gasteiger partial charge on any atom is -0.378 e. The highest BCUT2D eigenvalue weighted by atomic mass is 32.2. The highest BCUT2D eigenvalue weighted by Gasteiger charge is 2.24. The maximum absolute atomic E-state index is 12.4. The van der Waals surface area contributed by atoms with E-state index >= 15 is 0 Å². The smallest absolute Gasteiger partial charge is 0.234 e. The van der Waals surface area contributed by atoms with E-state index in [1.807, 2.05) is 43.3 Å². The number of aliphatic imine (C=N–C) groups is 1. The van der Waals surface area contributed by atoms with E-state index < -0.39 is 0 Å². The molecule has 5 nitrogen and oxygen atoms in total. The minimum atomic E-state index is -0.0189. The molecule has 0 radical (unpaired) electrons. The van der Waals surface area contributed by atoms with Crippen LogP contribution in [0, 0.1) is 0 Å². The first-order valence-electron chi connectivity index (χ1n) is 9.15. The molecule has 1 atom stereocenters. The van der Waals surface area contributed by atoms with Crippen molar-refractivity contribution < 1.29 is 4.79 Å². The molecule has 2 aromatic rings. The van der Waals surface area contributed by atoms with Crippen LogP contribution in [0.15, 0.2) is 35.3 Å². The standard InChI is InChI=1S/C20H26N4OS2/c1-5-15-11-16-19(22-17(6-2)23-20(16)27-15)26-12-18(25)21-13-7-9-14(10-8-13)24(3)4/h7-11,19H,5-6,12H2,1-4H3,(H,21,25)(H,22,23). The van der Waals surface area contributed by atoms with Crippen molar-refractivity contribution in [2.45, 2.75) is 32.1 Å². The molecule has 1 aliphatic rings. The van der Waals surface area contributed by atoms with Gasteiger partial charge >= 0.3 is 0 Å². The van der Waals surface area contributed by atoms with E-state index in [1.54, 1.807) is 23.1 Å². The van der Waals surface area contributed by atoms with E-state index in [0.29, 0.717) is 5.75 Å². The Kier molecular flexibility index (Phi) is 6.44. The molecule has 0 fully saturated rings. The first-order valence-corrected chi connectivity index (χ1v) is 11.0. The molecular weight excluding hydrogens is 376 g/mol. The Morgan fingerprint density at radius 3 is 2.63 bits per heavy atom. The third-order valence-corrected chi connectivity index (χ3v) is 6.65. The number of amides is 1. The van der Waals surface area contributed by atoms with Gasteiger partial charge in [-0.3, -0.25) is 9.79 Å². The summed E-state index contributed by atoms with van der Waals surface area (Å²) in [7, 11) is 3.99. The maximum atomic E-state index is 12.4. The summed E-state index contributed by atoms with van der Waals surface area (Å²) in [4.78, 5) is 20.6. The molecule has 1 aromatic carbocycles. The number of amidine groups is 1. The van der Waals surface area contributed by atoms with Crippen molar-refractivity contribution >= 4 is 51.2 Å². The van der Waals surface area contributed by atoms with Gasteiger partial charge in [-0.25, -0.2) is 0 Å². The fourth-order valence-electron chi connectivity index (χ4n) is 2.79. The maximum Gasteiger partial charge on any atom is 0.234 e. The fraction of sp³-hybridized carbons (Fsp3) is 0.400. The van der Waals surface area contributed by atoms with Gasteiger partial charge in [0.25, 0.3) is 0 Å². The van der Waals surface area contributed by atoms with Crippen LogP contribution >= 0.6 is 23.1 Å². The van der Waals surface area contributed by atoms with Crippen molar-refractivity contribution in [1.29, 1.82) is 0 Å². The van der Waals surface area contributed by atoms with Crippen LogP contribution in [-0.4, -0.2) is 31.6 Å². The van der Waals surface area contributed by atoms with Gasteiger partial charge in [0.15, 0.2) is 0 Å². The van der Waals surface area contributed by atoms with Gasteiger partial charge in [-0.2, -0.15) is 0 Å². The lowest BCUT2D eigenvalue weighted by atomic mass is 10.2. The molecule has 3 rings (SSSR count). The van der Waals surface area contributed by atoms with Gasteiger partial charge in [0.1, 0.15) is 16.2 Å². The van der Waals surface area contributed by atoms with Crippen LogP contribution in [0.2, 0.25) is 0 Å². The van der Waals surface area contributed by atoms with Gasteiger partial charge in [0.2, 0.25) is 5.91 Å². The Bertz CT molecular complexity index is 827. The molecule has 7 heteroatoms. The number of nitrogens with one attached hydrogen (secondary N) is 2. The van der Waals surface area contributed by atoms with Crippen LogP contribution in [0.1, 0.15) is 36.1 Å². The van der Waals surface area contributed by atoms with Crippen LogP contribution in [0.3, 0.4) is 0 Å². The highest BCUT2D eigenvalue weighted by Crippen LogP contribution is 2.43. The number of aryl methyl sites for hydroxylation is 1. The third kappa shape index (κ3) is 4.84. The van der Waals surface area contributed by atoms with Crippen LogP contribution in [0.25, 0.3) is 0 Å². The third-order valence-electron chi connectivity index (χ3n) is 4.33. The molecule has 0 saturated carbocycles. The first kappa shape index (κ1) is 19.8. The molecule has 0 saturated heterocycles. The van der Waals surface area contributed by atoms with Crippen molar-refractivity contribution in [2.24, 2.45) is 4.99 Å². The lowest BCUT2D eigenvalue weighted by Crippen LogP contribution is -2.19. The van der Waals surface area contributed by atoms with Gasteiger partial charge in [-0.15, -0.1) is 23.1 Å². The second-order valence-electron chi connectivity index (χ2n) is 6.56. The van der Waals surface area contributed by atoms with E-state index in [0.717, 1.165) is 30.1 Å². The first-order chi connectivity index (χ1) is 13.0. The molecule has 0 bridgehead atoms. The van der Waals surface area contributed by atoms with E-state index in [2.05, 4.69) is 30.5 Å². The molecule has 27 heavy (non-hydrogen) atoms. The summed E-state index contributed by atoms with van der Waals surface area (Å²) in [6, 6.07) is 10.1. The summed E-state index contributed by atoms with van der Waals surface area (Å²) >= 11 is 3.37. The van der Waals surface area contributed by atoms with Crippen molar-refractivity contribution in [1.82, 2.24) is 0 Å². The van der Waals surface area contributed by atoms with Gasteiger partial charge in [-0.05, 0) is 36.8 Å². The van der Waals surface area contributed by atoms with Gasteiger partial charge in [0, 0.05) is 42.3 Å². The molecule has 1 aromatic heterocycles. The molecule has 2 heterocycles. The van der Waals surface area contributed by atoms with E-state index in [9.17, 15) is 4.79 Å². The molecule has 1 unspecified atom stereocenters. The van der Waals surface area contributed by atoms with Crippen molar-refractivity contribution in [2.75, 3.05) is 35.4 Å². The van der Waals surface area contributed by atoms with Crippen LogP contribution in [0.5, 0.6) is 0 Å². The number of thiophene rings is 1. The number of thioether (sulfide) groups is 1. The molecular formula is C20H26N4OS2. The lowest BCUT2D eigenvalue weighted by molar-refractivity contribution is -0.113. The van der Waals surface area contributed by atoms with Crippen molar-refractivity contribution in [3.05, 3.63) is 40.8 Å². The van der Waals surface area contributed by atoms with E-state index in [-0.39, 0.29) is 11.3 Å². The van der Waals surface area contributed by atoms with Crippen LogP contribution < -0.4 is 15.5 Å². The zero-order valence-corrected chi connectivity index (χ0v) is 17.8. The predicted octanol–water partition coefficient (Wildman–Crippen LogP) is 4.98. The Morgan fingerprint density at radius 1 is 1.26 bits per heavy atom. The molecule has 0 aliphatic carbocycles. The Hall–Kier alpha value is -1.99. The number of rotatable bonds is 7. The predicted molar refractivity (Wildman–Crippen MR) is 120 cm³/mol. The average Bonchev–Trinajstić information content (AvgIpc) is 3.09. The SMILES string of the molecule is CCC1=NC(SCC(=O)Nc2ccc(N(C)C)cc2)c2cc(CC)sc2N1. The second kappa shape index (κ2) is 8.80. The molecule has 1 aliphatic heterocycles. The summed E-state index contributed by atoms with van der Waals surface area (Å²) in [5, 5.41) is 7.56. The monoisotopic (exact) mass is 402 g/mol. The fourth-order valence-corrected chi connectivity index (χ4v) is 4.86. The zero-order chi connectivity index (χ0) is 19.4. The normalized spacial score (nSPS) is 15.6. The average molecular weight is 403 g/mol. The second-order valence-corrected chi connectivity index (χ2v) is 8.76. The summed E-state index contributed by atoms with van der Waals surface area (Å²) in [5.41, 5.74) is 3.12. The van der Waals surface area contributed by atoms with Gasteiger partial charge < -0.3 is 15.5 Å².